The summed E-state index contributed by atoms with van der Waals surface area (Å²) >= 11 is 0. The van der Waals surface area contributed by atoms with Crippen molar-refractivity contribution < 1.29 is 19.4 Å². The summed E-state index contributed by atoms with van der Waals surface area (Å²) in [6.07, 6.45) is 43.1. The van der Waals surface area contributed by atoms with Crippen LogP contribution < -0.4 is 0 Å². The molecular weight excluding hydrogens is 594 g/mol. The molecule has 5 nitrogen and oxygen atoms in total. The van der Waals surface area contributed by atoms with E-state index >= 15 is 0 Å². The van der Waals surface area contributed by atoms with Crippen LogP contribution in [0.1, 0.15) is 210 Å². The summed E-state index contributed by atoms with van der Waals surface area (Å²) in [4.78, 5) is 23.7. The maximum atomic E-state index is 10.8. The number of carbonyl (C=O) groups is 2. The van der Waals surface area contributed by atoms with Crippen LogP contribution in [0.2, 0.25) is 0 Å². The van der Waals surface area contributed by atoms with Gasteiger partial charge in [0.05, 0.1) is 7.11 Å². The number of methoxy groups -OCH3 is 1. The molecule has 0 fully saturated rings. The van der Waals surface area contributed by atoms with E-state index in [1.807, 2.05) is 6.92 Å². The molecule has 0 aromatic carbocycles. The highest BCUT2D eigenvalue weighted by atomic mass is 16.5. The zero-order valence-electron chi connectivity index (χ0n) is 32.1. The molecule has 0 atom stereocenters. The van der Waals surface area contributed by atoms with Crippen molar-refractivity contribution in [2.45, 2.75) is 201 Å². The Morgan fingerprint density at radius 1 is 0.667 bits per heavy atom. The Balaban J connectivity index is 0. The highest BCUT2D eigenvalue weighted by molar-refractivity contribution is 5.87. The number of aryl methyl sites for hydroxylation is 1. The second-order valence-electron chi connectivity index (χ2n) is 13.1. The highest BCUT2D eigenvalue weighted by Crippen LogP contribution is 2.12. The van der Waals surface area contributed by atoms with Crippen molar-refractivity contribution in [3.63, 3.8) is 0 Å². The average Bonchev–Trinajstić information content (AvgIpc) is 3.54. The quantitative estimate of drug-likeness (QED) is 0.0292. The number of H-pyrrole nitrogens is 1. The van der Waals surface area contributed by atoms with Gasteiger partial charge in [-0.15, -0.1) is 11.8 Å². The average molecular weight is 672 g/mol. The topological polar surface area (TPSA) is 79.4 Å². The maximum Gasteiger partial charge on any atom is 0.354 e. The molecule has 1 aromatic heterocycles. The number of carbonyl (C=O) groups excluding carboxylic acids is 2. The van der Waals surface area contributed by atoms with Crippen LogP contribution in [0.15, 0.2) is 24.4 Å². The number of hydrogen-bond acceptors (Lipinski definition) is 4. The van der Waals surface area contributed by atoms with E-state index in [9.17, 15) is 9.59 Å². The van der Waals surface area contributed by atoms with Crippen molar-refractivity contribution in [2.75, 3.05) is 13.7 Å². The third-order valence-corrected chi connectivity index (χ3v) is 8.31. The molecule has 1 aromatic rings. The minimum atomic E-state index is -0.326. The van der Waals surface area contributed by atoms with E-state index in [2.05, 4.69) is 47.6 Å². The number of allylic oxidation sites excluding steroid dienone is 2. The first-order valence-corrected chi connectivity index (χ1v) is 20.0. The first-order valence-electron chi connectivity index (χ1n) is 20.0. The van der Waals surface area contributed by atoms with Crippen molar-refractivity contribution in [2.24, 2.45) is 0 Å². The van der Waals surface area contributed by atoms with Gasteiger partial charge in [-0.05, 0) is 63.5 Å². The van der Waals surface area contributed by atoms with Crippen LogP contribution >= 0.6 is 0 Å². The Kier molecular flexibility index (Phi) is 42.5. The lowest BCUT2D eigenvalue weighted by molar-refractivity contribution is -0.107. The van der Waals surface area contributed by atoms with Crippen molar-refractivity contribution in [1.29, 1.82) is 0 Å². The lowest BCUT2D eigenvalue weighted by atomic mass is 10.1. The fraction of sp³-hybridized carbons (Fsp3) is 0.767. The van der Waals surface area contributed by atoms with Gasteiger partial charge in [-0.25, -0.2) is 4.79 Å². The molecule has 1 rings (SSSR count). The van der Waals surface area contributed by atoms with Gasteiger partial charge in [-0.2, -0.15) is 0 Å². The molecule has 0 unspecified atom stereocenters. The smallest absolute Gasteiger partial charge is 0.354 e. The lowest BCUT2D eigenvalue weighted by Crippen LogP contribution is -2.00. The predicted octanol–water partition coefficient (Wildman–Crippen LogP) is 12.8. The molecule has 0 aliphatic rings. The van der Waals surface area contributed by atoms with Crippen LogP contribution in [-0.4, -0.2) is 36.1 Å². The van der Waals surface area contributed by atoms with Crippen LogP contribution in [-0.2, 0) is 9.53 Å². The Morgan fingerprint density at radius 2 is 1.10 bits per heavy atom. The van der Waals surface area contributed by atoms with Crippen molar-refractivity contribution in [1.82, 2.24) is 4.98 Å². The minimum Gasteiger partial charge on any atom is -0.464 e. The molecule has 0 spiro atoms. The summed E-state index contributed by atoms with van der Waals surface area (Å²) in [5.74, 6) is 6.21. The van der Waals surface area contributed by atoms with E-state index in [4.69, 9.17) is 5.11 Å². The molecule has 0 saturated carbocycles. The molecule has 0 aliphatic carbocycles. The Bertz CT molecular complexity index is 879. The van der Waals surface area contributed by atoms with E-state index < -0.39 is 0 Å². The highest BCUT2D eigenvalue weighted by Gasteiger charge is 2.05. The van der Waals surface area contributed by atoms with Gasteiger partial charge < -0.3 is 19.6 Å². The largest absolute Gasteiger partial charge is 0.464 e. The molecule has 0 amide bonds. The lowest BCUT2D eigenvalue weighted by Gasteiger charge is -2.01. The second kappa shape index (κ2) is 42.7. The third kappa shape index (κ3) is 39.9. The van der Waals surface area contributed by atoms with Gasteiger partial charge in [0, 0.05) is 32.1 Å². The number of esters is 1. The molecule has 278 valence electrons. The number of aromatic amines is 1. The summed E-state index contributed by atoms with van der Waals surface area (Å²) in [6.45, 7) is 6.73. The zero-order valence-corrected chi connectivity index (χ0v) is 32.1. The first-order chi connectivity index (χ1) is 23.6. The van der Waals surface area contributed by atoms with E-state index in [-0.39, 0.29) is 5.97 Å². The number of ether oxygens (including phenoxy) is 1. The summed E-state index contributed by atoms with van der Waals surface area (Å²) in [6, 6.07) is 1.74. The second-order valence-corrected chi connectivity index (χ2v) is 13.1. The Hall–Kier alpha value is -2.32. The van der Waals surface area contributed by atoms with E-state index in [0.717, 1.165) is 44.0 Å². The van der Waals surface area contributed by atoms with Crippen LogP contribution in [0.25, 0.3) is 0 Å². The van der Waals surface area contributed by atoms with Gasteiger partial charge >= 0.3 is 5.97 Å². The van der Waals surface area contributed by atoms with Crippen LogP contribution in [0.5, 0.6) is 0 Å². The number of aldehydes is 1. The van der Waals surface area contributed by atoms with Crippen molar-refractivity contribution in [3.8, 4) is 11.8 Å². The standard InChI is InChI=1S/2C18H34O.C7H9NO2/c2*1-2-3-4-5-6-7-8-9-10-11-12-13-14-15-16-17-18-19;1-5-3-6(8-4-5)7(9)10-2/h19H,2-4,7-18H2,1H3;5-6,18H,2-4,7-17H2,1H3;3-4,8H,1-2H3/b;6-5-;. The number of rotatable bonds is 29. The summed E-state index contributed by atoms with van der Waals surface area (Å²) in [5.41, 5.74) is 1.53. The molecular formula is C43H77NO4. The normalized spacial score (nSPS) is 10.4. The molecule has 0 saturated heterocycles. The monoisotopic (exact) mass is 672 g/mol. The fourth-order valence-corrected chi connectivity index (χ4v) is 5.20. The first kappa shape index (κ1) is 47.8. The summed E-state index contributed by atoms with van der Waals surface area (Å²) in [5, 5.41) is 8.66. The number of aromatic nitrogens is 1. The Labute approximate surface area is 297 Å². The predicted molar refractivity (Wildman–Crippen MR) is 208 cm³/mol. The van der Waals surface area contributed by atoms with Gasteiger partial charge in [-0.3, -0.25) is 0 Å². The van der Waals surface area contributed by atoms with Crippen LogP contribution in [0.3, 0.4) is 0 Å². The van der Waals surface area contributed by atoms with Crippen LogP contribution in [0.4, 0.5) is 0 Å². The molecule has 1 heterocycles. The minimum absolute atomic E-state index is 0.326. The van der Waals surface area contributed by atoms with Crippen molar-refractivity contribution >= 4 is 12.3 Å². The SMILES string of the molecule is CCCC/C=C\CCCCCCCCCCCC=O.CCCCC#CCCCCCCCCCCCCO.COC(=O)c1cc(C)c[nH]1. The van der Waals surface area contributed by atoms with Gasteiger partial charge in [0.2, 0.25) is 0 Å². The number of aliphatic hydroxyl groups excluding tert-OH is 1. The molecule has 0 radical (unpaired) electrons. The number of aliphatic hydroxyl groups is 1. The van der Waals surface area contributed by atoms with Crippen molar-refractivity contribution in [3.05, 3.63) is 35.7 Å². The molecule has 0 aliphatic heterocycles. The van der Waals surface area contributed by atoms with E-state index in [0.29, 0.717) is 12.3 Å². The number of unbranched alkanes of at least 4 members (excludes halogenated alkanes) is 24. The summed E-state index contributed by atoms with van der Waals surface area (Å²) < 4.78 is 4.48. The molecule has 48 heavy (non-hydrogen) atoms. The van der Waals surface area contributed by atoms with E-state index in [1.165, 1.54) is 155 Å². The number of hydrogen-bond donors (Lipinski definition) is 2. The van der Waals surface area contributed by atoms with E-state index in [1.54, 1.807) is 12.3 Å². The van der Waals surface area contributed by atoms with Gasteiger partial charge in [0.15, 0.2) is 0 Å². The number of nitrogens with one attached hydrogen (secondary N) is 1. The molecule has 0 bridgehead atoms. The molecule has 2 N–H and O–H groups in total. The van der Waals surface area contributed by atoms with Gasteiger partial charge in [-0.1, -0.05) is 142 Å². The van der Waals surface area contributed by atoms with Crippen LogP contribution in [0, 0.1) is 18.8 Å². The zero-order chi connectivity index (χ0) is 35.6. The van der Waals surface area contributed by atoms with Gasteiger partial charge in [0.25, 0.3) is 0 Å². The summed E-state index contributed by atoms with van der Waals surface area (Å²) in [7, 11) is 1.36. The Morgan fingerprint density at radius 3 is 1.54 bits per heavy atom. The molecule has 5 heteroatoms. The fourth-order valence-electron chi connectivity index (χ4n) is 5.20. The third-order valence-electron chi connectivity index (χ3n) is 8.31. The van der Waals surface area contributed by atoms with Gasteiger partial charge in [0.1, 0.15) is 12.0 Å². The maximum absolute atomic E-state index is 10.8.